The van der Waals surface area contributed by atoms with Crippen LogP contribution in [0.1, 0.15) is 15.9 Å². The molecule has 0 aliphatic heterocycles. The molecule has 0 fully saturated rings. The van der Waals surface area contributed by atoms with Gasteiger partial charge in [0.2, 0.25) is 0 Å². The Hall–Kier alpha value is -3.11. The second kappa shape index (κ2) is 8.72. The van der Waals surface area contributed by atoms with Crippen LogP contribution in [-0.2, 0) is 15.7 Å². The largest absolute Gasteiger partial charge is 0.452 e. The van der Waals surface area contributed by atoms with Crippen molar-refractivity contribution in [3.63, 3.8) is 0 Å². The maximum absolute atomic E-state index is 13.0. The molecule has 0 spiro atoms. The normalized spacial score (nSPS) is 11.2. The van der Waals surface area contributed by atoms with Crippen molar-refractivity contribution in [2.75, 3.05) is 11.9 Å². The highest BCUT2D eigenvalue weighted by molar-refractivity contribution is 6.36. The molecule has 0 aliphatic rings. The number of ether oxygens (including phenoxy) is 1. The van der Waals surface area contributed by atoms with Crippen LogP contribution in [0.2, 0.25) is 10.0 Å². The lowest BCUT2D eigenvalue weighted by Gasteiger charge is -2.14. The molecule has 0 bridgehead atoms. The first kappa shape index (κ1) is 21.6. The van der Waals surface area contributed by atoms with Crippen LogP contribution in [0.15, 0.2) is 49.1 Å². The SMILES string of the molecule is O=C(COC(=O)c1ccc(Cl)cc1Cl)Nc1cc(C(F)(F)F)ccc1-n1cncn1. The topological polar surface area (TPSA) is 86.1 Å². The number of aromatic nitrogens is 3. The Bertz CT molecular complexity index is 1090. The molecule has 0 saturated carbocycles. The van der Waals surface area contributed by atoms with Crippen LogP contribution in [0.25, 0.3) is 5.69 Å². The molecule has 0 saturated heterocycles. The second-order valence-electron chi connectivity index (χ2n) is 5.82. The summed E-state index contributed by atoms with van der Waals surface area (Å²) in [6.07, 6.45) is -2.19. The second-order valence-corrected chi connectivity index (χ2v) is 6.66. The van der Waals surface area contributed by atoms with E-state index in [1.54, 1.807) is 0 Å². The van der Waals surface area contributed by atoms with Crippen molar-refractivity contribution >= 4 is 40.8 Å². The van der Waals surface area contributed by atoms with E-state index in [1.165, 1.54) is 35.5 Å². The Morgan fingerprint density at radius 3 is 2.53 bits per heavy atom. The summed E-state index contributed by atoms with van der Waals surface area (Å²) in [5, 5.41) is 6.45. The van der Waals surface area contributed by atoms with Gasteiger partial charge in [0.15, 0.2) is 6.61 Å². The first-order valence-corrected chi connectivity index (χ1v) is 8.89. The van der Waals surface area contributed by atoms with Gasteiger partial charge in [-0.1, -0.05) is 23.2 Å². The smallest absolute Gasteiger partial charge is 0.416 e. The van der Waals surface area contributed by atoms with Crippen molar-refractivity contribution in [3.8, 4) is 5.69 Å². The van der Waals surface area contributed by atoms with E-state index in [9.17, 15) is 22.8 Å². The number of rotatable bonds is 5. The van der Waals surface area contributed by atoms with Gasteiger partial charge in [-0.3, -0.25) is 4.79 Å². The molecule has 0 radical (unpaired) electrons. The van der Waals surface area contributed by atoms with E-state index in [0.717, 1.165) is 18.2 Å². The van der Waals surface area contributed by atoms with Gasteiger partial charge >= 0.3 is 12.1 Å². The van der Waals surface area contributed by atoms with Crippen molar-refractivity contribution in [2.24, 2.45) is 0 Å². The minimum atomic E-state index is -4.63. The number of benzene rings is 2. The number of amides is 1. The van der Waals surface area contributed by atoms with E-state index in [2.05, 4.69) is 15.4 Å². The number of hydrogen-bond acceptors (Lipinski definition) is 5. The number of hydrogen-bond donors (Lipinski definition) is 1. The summed E-state index contributed by atoms with van der Waals surface area (Å²) in [5.41, 5.74) is -1.05. The van der Waals surface area contributed by atoms with E-state index < -0.39 is 30.2 Å². The van der Waals surface area contributed by atoms with Gasteiger partial charge in [-0.2, -0.15) is 18.3 Å². The molecule has 156 valence electrons. The average Bonchev–Trinajstić information content (AvgIpc) is 3.20. The molecule has 3 aromatic rings. The number of nitrogens with one attached hydrogen (secondary N) is 1. The van der Waals surface area contributed by atoms with Gasteiger partial charge in [-0.25, -0.2) is 14.5 Å². The van der Waals surface area contributed by atoms with Crippen LogP contribution in [0.4, 0.5) is 18.9 Å². The fraction of sp³-hybridized carbons (Fsp3) is 0.111. The molecule has 2 aromatic carbocycles. The molecular formula is C18H11Cl2F3N4O3. The number of nitrogens with zero attached hydrogens (tertiary/aromatic N) is 3. The van der Waals surface area contributed by atoms with Crippen molar-refractivity contribution in [2.45, 2.75) is 6.18 Å². The number of esters is 1. The molecule has 0 atom stereocenters. The third-order valence-electron chi connectivity index (χ3n) is 3.75. The van der Waals surface area contributed by atoms with Crippen LogP contribution < -0.4 is 5.32 Å². The highest BCUT2D eigenvalue weighted by Crippen LogP contribution is 2.33. The minimum absolute atomic E-state index is 0.0174. The fourth-order valence-corrected chi connectivity index (χ4v) is 2.88. The summed E-state index contributed by atoms with van der Waals surface area (Å²) >= 11 is 11.6. The lowest BCUT2D eigenvalue weighted by atomic mass is 10.1. The Kier molecular flexibility index (Phi) is 6.28. The monoisotopic (exact) mass is 458 g/mol. The highest BCUT2D eigenvalue weighted by Gasteiger charge is 2.31. The molecule has 0 aliphatic carbocycles. The molecule has 30 heavy (non-hydrogen) atoms. The number of halogens is 5. The van der Waals surface area contributed by atoms with Crippen molar-refractivity contribution in [3.05, 3.63) is 70.2 Å². The summed E-state index contributed by atoms with van der Waals surface area (Å²) in [4.78, 5) is 28.0. The van der Waals surface area contributed by atoms with Crippen LogP contribution in [0.5, 0.6) is 0 Å². The minimum Gasteiger partial charge on any atom is -0.452 e. The van der Waals surface area contributed by atoms with E-state index >= 15 is 0 Å². The molecule has 1 N–H and O–H groups in total. The van der Waals surface area contributed by atoms with Crippen molar-refractivity contribution in [1.29, 1.82) is 0 Å². The van der Waals surface area contributed by atoms with Crippen molar-refractivity contribution < 1.29 is 27.5 Å². The molecule has 3 rings (SSSR count). The van der Waals surface area contributed by atoms with Crippen molar-refractivity contribution in [1.82, 2.24) is 14.8 Å². The fourth-order valence-electron chi connectivity index (χ4n) is 2.40. The lowest BCUT2D eigenvalue weighted by Crippen LogP contribution is -2.22. The summed E-state index contributed by atoms with van der Waals surface area (Å²) in [6.45, 7) is -0.759. The van der Waals surface area contributed by atoms with E-state index in [1.807, 2.05) is 0 Å². The van der Waals surface area contributed by atoms with E-state index in [-0.39, 0.29) is 22.0 Å². The molecule has 1 aromatic heterocycles. The molecule has 12 heteroatoms. The standard InChI is InChI=1S/C18H11Cl2F3N4O3/c19-11-2-3-12(13(20)6-11)17(29)30-7-16(28)26-14-5-10(18(21,22)23)1-4-15(14)27-9-24-8-25-27/h1-6,8-9H,7H2,(H,26,28). The van der Waals surface area contributed by atoms with Gasteiger partial charge in [0, 0.05) is 5.02 Å². The molecule has 0 unspecified atom stereocenters. The molecule has 1 heterocycles. The Labute approximate surface area is 177 Å². The van der Waals surface area contributed by atoms with Gasteiger partial charge in [0.05, 0.1) is 27.5 Å². The van der Waals surface area contributed by atoms with Gasteiger partial charge in [0.1, 0.15) is 12.7 Å². The summed E-state index contributed by atoms with van der Waals surface area (Å²) in [7, 11) is 0. The quantitative estimate of drug-likeness (QED) is 0.573. The summed E-state index contributed by atoms with van der Waals surface area (Å²) < 4.78 is 45.2. The van der Waals surface area contributed by atoms with Crippen LogP contribution in [0.3, 0.4) is 0 Å². The summed E-state index contributed by atoms with van der Waals surface area (Å²) in [5.74, 6) is -1.76. The molecule has 7 nitrogen and oxygen atoms in total. The van der Waals surface area contributed by atoms with Crippen LogP contribution in [-0.4, -0.2) is 33.2 Å². The third kappa shape index (κ3) is 5.08. The zero-order valence-corrected chi connectivity index (χ0v) is 16.3. The Morgan fingerprint density at radius 2 is 1.90 bits per heavy atom. The molecular weight excluding hydrogens is 448 g/mol. The van der Waals surface area contributed by atoms with Gasteiger partial charge < -0.3 is 10.1 Å². The summed E-state index contributed by atoms with van der Waals surface area (Å²) in [6, 6.07) is 6.78. The van der Waals surface area contributed by atoms with E-state index in [4.69, 9.17) is 27.9 Å². The number of anilines is 1. The first-order valence-electron chi connectivity index (χ1n) is 8.13. The maximum atomic E-state index is 13.0. The predicted octanol–water partition coefficient (Wildman–Crippen LogP) is 4.39. The number of alkyl halides is 3. The first-order chi connectivity index (χ1) is 14.1. The van der Waals surface area contributed by atoms with E-state index in [0.29, 0.717) is 5.02 Å². The zero-order valence-electron chi connectivity index (χ0n) is 14.8. The highest BCUT2D eigenvalue weighted by atomic mass is 35.5. The third-order valence-corrected chi connectivity index (χ3v) is 4.30. The Balaban J connectivity index is 1.76. The van der Waals surface area contributed by atoms with Crippen LogP contribution >= 0.6 is 23.2 Å². The lowest BCUT2D eigenvalue weighted by molar-refractivity contribution is -0.137. The van der Waals surface area contributed by atoms with Gasteiger partial charge in [0.25, 0.3) is 5.91 Å². The zero-order chi connectivity index (χ0) is 21.9. The molecule has 1 amide bonds. The van der Waals surface area contributed by atoms with Crippen LogP contribution in [0, 0.1) is 0 Å². The maximum Gasteiger partial charge on any atom is 0.416 e. The number of carbonyl (C=O) groups excluding carboxylic acids is 2. The van der Waals surface area contributed by atoms with Gasteiger partial charge in [-0.05, 0) is 36.4 Å². The number of carbonyl (C=O) groups is 2. The van der Waals surface area contributed by atoms with Gasteiger partial charge in [-0.15, -0.1) is 0 Å². The average molecular weight is 459 g/mol. The Morgan fingerprint density at radius 1 is 1.13 bits per heavy atom. The predicted molar refractivity (Wildman–Crippen MR) is 102 cm³/mol.